The molecule has 1 aliphatic heterocycles. The first-order valence-corrected chi connectivity index (χ1v) is 13.7. The quantitative estimate of drug-likeness (QED) is 0.317. The average molecular weight is 530 g/mol. The number of urea groups is 1. The lowest BCUT2D eigenvalue weighted by molar-refractivity contribution is 0.194. The van der Waals surface area contributed by atoms with Crippen LogP contribution in [0.5, 0.6) is 17.2 Å². The fourth-order valence-corrected chi connectivity index (χ4v) is 7.03. The topological polar surface area (TPSA) is 65.0 Å². The fraction of sp³-hybridized carbons (Fsp3) is 0.300. The first-order chi connectivity index (χ1) is 18.6. The molecule has 0 saturated heterocycles. The Morgan fingerprint density at radius 2 is 1.68 bits per heavy atom. The molecule has 2 amide bonds. The molecule has 0 unspecified atom stereocenters. The SMILES string of the molecule is COc1ccc([C@H]2c3cccn3-c3sc4c(c3CN2C(=O)Nc2cc(OC)ccc2OC)CCCC4)cc1. The first kappa shape index (κ1) is 24.4. The highest BCUT2D eigenvalue weighted by atomic mass is 32.1. The molecule has 0 fully saturated rings. The number of amides is 2. The zero-order valence-corrected chi connectivity index (χ0v) is 22.6. The Labute approximate surface area is 226 Å². The number of nitrogens with one attached hydrogen (secondary N) is 1. The highest BCUT2D eigenvalue weighted by molar-refractivity contribution is 7.15. The molecule has 196 valence electrons. The van der Waals surface area contributed by atoms with Crippen molar-refractivity contribution >= 4 is 23.1 Å². The number of thiophene rings is 1. The smallest absolute Gasteiger partial charge is 0.323 e. The van der Waals surface area contributed by atoms with Crippen LogP contribution in [0.3, 0.4) is 0 Å². The second-order valence-electron chi connectivity index (χ2n) is 9.60. The number of carbonyl (C=O) groups excluding carboxylic acids is 1. The van der Waals surface area contributed by atoms with Crippen LogP contribution in [0, 0.1) is 0 Å². The number of rotatable bonds is 5. The number of hydrogen-bond acceptors (Lipinski definition) is 5. The van der Waals surface area contributed by atoms with Gasteiger partial charge in [-0.25, -0.2) is 4.79 Å². The summed E-state index contributed by atoms with van der Waals surface area (Å²) < 4.78 is 18.7. The summed E-state index contributed by atoms with van der Waals surface area (Å²) in [7, 11) is 4.87. The van der Waals surface area contributed by atoms with Gasteiger partial charge in [-0.1, -0.05) is 12.1 Å². The van der Waals surface area contributed by atoms with Gasteiger partial charge >= 0.3 is 6.03 Å². The van der Waals surface area contributed by atoms with Gasteiger partial charge in [0.1, 0.15) is 22.2 Å². The van der Waals surface area contributed by atoms with Crippen LogP contribution in [0.1, 0.15) is 46.1 Å². The van der Waals surface area contributed by atoms with Crippen molar-refractivity contribution in [2.45, 2.75) is 38.3 Å². The first-order valence-electron chi connectivity index (χ1n) is 12.9. The van der Waals surface area contributed by atoms with E-state index in [-0.39, 0.29) is 12.1 Å². The third kappa shape index (κ3) is 4.19. The number of aromatic nitrogens is 1. The van der Waals surface area contributed by atoms with Crippen LogP contribution in [0.15, 0.2) is 60.8 Å². The maximum atomic E-state index is 14.2. The minimum Gasteiger partial charge on any atom is -0.497 e. The number of nitrogens with zero attached hydrogens (tertiary/aromatic N) is 2. The van der Waals surface area contributed by atoms with E-state index >= 15 is 0 Å². The number of methoxy groups -OCH3 is 3. The summed E-state index contributed by atoms with van der Waals surface area (Å²) in [4.78, 5) is 17.6. The predicted octanol–water partition coefficient (Wildman–Crippen LogP) is 6.58. The largest absolute Gasteiger partial charge is 0.497 e. The van der Waals surface area contributed by atoms with Crippen molar-refractivity contribution in [1.82, 2.24) is 9.47 Å². The van der Waals surface area contributed by atoms with Crippen molar-refractivity contribution in [3.8, 4) is 22.2 Å². The van der Waals surface area contributed by atoms with Gasteiger partial charge in [0.05, 0.1) is 45.3 Å². The Kier molecular flexibility index (Phi) is 6.49. The summed E-state index contributed by atoms with van der Waals surface area (Å²) in [5.41, 5.74) is 5.31. The third-order valence-corrected chi connectivity index (χ3v) is 8.85. The van der Waals surface area contributed by atoms with E-state index in [1.807, 2.05) is 46.6 Å². The monoisotopic (exact) mass is 529 g/mol. The van der Waals surface area contributed by atoms with Crippen molar-refractivity contribution in [2.24, 2.45) is 0 Å². The molecule has 38 heavy (non-hydrogen) atoms. The fourth-order valence-electron chi connectivity index (χ4n) is 5.62. The number of carbonyl (C=O) groups is 1. The lowest BCUT2D eigenvalue weighted by atomic mass is 9.95. The molecule has 0 spiro atoms. The van der Waals surface area contributed by atoms with Crippen molar-refractivity contribution in [1.29, 1.82) is 0 Å². The molecule has 4 aromatic rings. The molecule has 1 aliphatic carbocycles. The molecule has 0 bridgehead atoms. The minimum absolute atomic E-state index is 0.200. The summed E-state index contributed by atoms with van der Waals surface area (Å²) >= 11 is 1.88. The van der Waals surface area contributed by atoms with Gasteiger partial charge in [-0.3, -0.25) is 0 Å². The van der Waals surface area contributed by atoms with Crippen molar-refractivity contribution < 1.29 is 19.0 Å². The van der Waals surface area contributed by atoms with E-state index in [1.165, 1.54) is 33.8 Å². The van der Waals surface area contributed by atoms with E-state index in [0.717, 1.165) is 29.8 Å². The van der Waals surface area contributed by atoms with E-state index in [2.05, 4.69) is 28.2 Å². The van der Waals surface area contributed by atoms with Gasteiger partial charge in [-0.2, -0.15) is 0 Å². The van der Waals surface area contributed by atoms with Gasteiger partial charge < -0.3 is 29.0 Å². The molecule has 2 aliphatic rings. The molecule has 6 rings (SSSR count). The lowest BCUT2D eigenvalue weighted by Crippen LogP contribution is -2.38. The Morgan fingerprint density at radius 3 is 2.45 bits per heavy atom. The summed E-state index contributed by atoms with van der Waals surface area (Å²) in [6.45, 7) is 0.512. The highest BCUT2D eigenvalue weighted by Crippen LogP contribution is 2.44. The number of anilines is 1. The molecule has 7 nitrogen and oxygen atoms in total. The Bertz CT molecular complexity index is 1470. The van der Waals surface area contributed by atoms with E-state index in [9.17, 15) is 4.79 Å². The van der Waals surface area contributed by atoms with Gasteiger partial charge in [-0.05, 0) is 73.2 Å². The average Bonchev–Trinajstić information content (AvgIpc) is 3.55. The minimum atomic E-state index is -0.300. The standard InChI is InChI=1S/C30H31N3O4S/c1-35-20-12-10-19(11-13-20)28-25-8-6-16-32(25)29-23(22-7-4-5-9-27(22)38-29)18-33(28)30(34)31-24-17-21(36-2)14-15-26(24)37-3/h6,8,10-17,28H,4-5,7,9,18H2,1-3H3,(H,31,34)/t28-/m0/s1. The van der Waals surface area contributed by atoms with Crippen molar-refractivity contribution in [2.75, 3.05) is 26.6 Å². The molecule has 1 N–H and O–H groups in total. The Hall–Kier alpha value is -3.91. The van der Waals surface area contributed by atoms with Crippen LogP contribution in [0.4, 0.5) is 10.5 Å². The van der Waals surface area contributed by atoms with Gasteiger partial charge in [0, 0.05) is 22.7 Å². The second kappa shape index (κ2) is 10.1. The molecule has 0 radical (unpaired) electrons. The summed E-state index contributed by atoms with van der Waals surface area (Å²) in [6.07, 6.45) is 6.70. The van der Waals surface area contributed by atoms with Crippen molar-refractivity contribution in [3.63, 3.8) is 0 Å². The molecule has 2 aromatic carbocycles. The van der Waals surface area contributed by atoms with Gasteiger partial charge in [0.25, 0.3) is 0 Å². The number of ether oxygens (including phenoxy) is 3. The number of aryl methyl sites for hydroxylation is 1. The molecule has 8 heteroatoms. The van der Waals surface area contributed by atoms with Gasteiger partial charge in [0.2, 0.25) is 0 Å². The van der Waals surface area contributed by atoms with E-state index in [4.69, 9.17) is 14.2 Å². The van der Waals surface area contributed by atoms with Gasteiger partial charge in [0.15, 0.2) is 0 Å². The maximum absolute atomic E-state index is 14.2. The molecule has 0 saturated carbocycles. The molecular weight excluding hydrogens is 498 g/mol. The zero-order valence-electron chi connectivity index (χ0n) is 21.8. The molecule has 3 heterocycles. The number of hydrogen-bond donors (Lipinski definition) is 1. The number of fused-ring (bicyclic) bond motifs is 5. The van der Waals surface area contributed by atoms with Crippen LogP contribution < -0.4 is 19.5 Å². The van der Waals surface area contributed by atoms with Crippen LogP contribution in [-0.2, 0) is 19.4 Å². The van der Waals surface area contributed by atoms with Crippen LogP contribution in [0.25, 0.3) is 5.00 Å². The number of benzene rings is 2. The normalized spacial score (nSPS) is 16.1. The second-order valence-corrected chi connectivity index (χ2v) is 10.7. The highest BCUT2D eigenvalue weighted by Gasteiger charge is 2.36. The lowest BCUT2D eigenvalue weighted by Gasteiger charge is -2.31. The van der Waals surface area contributed by atoms with Gasteiger partial charge in [-0.15, -0.1) is 11.3 Å². The summed E-state index contributed by atoms with van der Waals surface area (Å²) in [5, 5.41) is 4.36. The van der Waals surface area contributed by atoms with Crippen LogP contribution in [-0.4, -0.2) is 36.8 Å². The van der Waals surface area contributed by atoms with E-state index < -0.39 is 0 Å². The van der Waals surface area contributed by atoms with Crippen molar-refractivity contribution in [3.05, 3.63) is 88.1 Å². The summed E-state index contributed by atoms with van der Waals surface area (Å²) in [6, 6.07) is 17.1. The molecule has 2 aromatic heterocycles. The zero-order chi connectivity index (χ0) is 26.2. The van der Waals surface area contributed by atoms with E-state index in [1.54, 1.807) is 33.5 Å². The maximum Gasteiger partial charge on any atom is 0.323 e. The predicted molar refractivity (Wildman–Crippen MR) is 149 cm³/mol. The molecule has 1 atom stereocenters. The van der Waals surface area contributed by atoms with E-state index in [0.29, 0.717) is 23.7 Å². The van der Waals surface area contributed by atoms with Crippen LogP contribution >= 0.6 is 11.3 Å². The summed E-state index contributed by atoms with van der Waals surface area (Å²) in [5.74, 6) is 2.00. The third-order valence-electron chi connectivity index (χ3n) is 7.52. The Morgan fingerprint density at radius 1 is 0.921 bits per heavy atom. The van der Waals surface area contributed by atoms with Crippen LogP contribution in [0.2, 0.25) is 0 Å². The molecular formula is C30H31N3O4S. The Balaban J connectivity index is 1.48.